The number of epoxide rings is 1. The van der Waals surface area contributed by atoms with E-state index in [2.05, 4.69) is 19.2 Å². The van der Waals surface area contributed by atoms with Crippen molar-refractivity contribution in [2.45, 2.75) is 26.0 Å². The van der Waals surface area contributed by atoms with E-state index in [1.54, 1.807) is 0 Å². The van der Waals surface area contributed by atoms with Crippen LogP contribution < -0.4 is 5.32 Å². The van der Waals surface area contributed by atoms with Gasteiger partial charge in [0.05, 0.1) is 12.7 Å². The molecule has 0 aromatic carbocycles. The molecule has 1 aliphatic heterocycles. The third kappa shape index (κ3) is 2.28. The van der Waals surface area contributed by atoms with Gasteiger partial charge < -0.3 is 10.1 Å². The molecule has 1 aliphatic rings. The summed E-state index contributed by atoms with van der Waals surface area (Å²) < 4.78 is 5.00. The van der Waals surface area contributed by atoms with Crippen LogP contribution in [-0.4, -0.2) is 25.3 Å². The lowest BCUT2D eigenvalue weighted by atomic mass is 10.4. The molecule has 0 aliphatic carbocycles. The van der Waals surface area contributed by atoms with Crippen molar-refractivity contribution in [1.82, 2.24) is 5.32 Å². The number of hydrogen-bond acceptors (Lipinski definition) is 2. The van der Waals surface area contributed by atoms with Gasteiger partial charge in [-0.15, -0.1) is 0 Å². The second kappa shape index (κ2) is 2.46. The predicted octanol–water partition coefficient (Wildman–Crippen LogP) is 0.383. The van der Waals surface area contributed by atoms with E-state index in [1.807, 2.05) is 0 Å². The Morgan fingerprint density at radius 1 is 1.75 bits per heavy atom. The van der Waals surface area contributed by atoms with Crippen molar-refractivity contribution in [3.8, 4) is 0 Å². The smallest absolute Gasteiger partial charge is 0.0934 e. The standard InChI is InChI=1S/C6H13NO/c1-5(2)7-3-6-4-8-6/h5-7H,3-4H2,1-2H3/t6-/m1/s1. The second-order valence-corrected chi connectivity index (χ2v) is 2.52. The van der Waals surface area contributed by atoms with Crippen molar-refractivity contribution in [1.29, 1.82) is 0 Å². The average Bonchev–Trinajstić information content (AvgIpc) is 2.41. The van der Waals surface area contributed by atoms with E-state index in [4.69, 9.17) is 4.74 Å². The van der Waals surface area contributed by atoms with E-state index < -0.39 is 0 Å². The summed E-state index contributed by atoms with van der Waals surface area (Å²) in [4.78, 5) is 0. The van der Waals surface area contributed by atoms with Gasteiger partial charge in [-0.05, 0) is 0 Å². The zero-order chi connectivity index (χ0) is 5.98. The maximum Gasteiger partial charge on any atom is 0.0934 e. The Bertz CT molecular complexity index is 66.9. The van der Waals surface area contributed by atoms with Crippen LogP contribution >= 0.6 is 0 Å². The summed E-state index contributed by atoms with van der Waals surface area (Å²) in [6, 6.07) is 0.596. The maximum absolute atomic E-state index is 5.00. The first-order chi connectivity index (χ1) is 3.79. The van der Waals surface area contributed by atoms with Gasteiger partial charge in [-0.1, -0.05) is 13.8 Å². The molecule has 0 spiro atoms. The lowest BCUT2D eigenvalue weighted by Gasteiger charge is -2.03. The van der Waals surface area contributed by atoms with Crippen molar-refractivity contribution < 1.29 is 4.74 Å². The second-order valence-electron chi connectivity index (χ2n) is 2.52. The summed E-state index contributed by atoms with van der Waals surface area (Å²) in [5.74, 6) is 0. The van der Waals surface area contributed by atoms with Crippen LogP contribution in [0.3, 0.4) is 0 Å². The molecule has 1 saturated heterocycles. The molecule has 0 amide bonds. The van der Waals surface area contributed by atoms with Gasteiger partial charge in [0.25, 0.3) is 0 Å². The number of nitrogens with one attached hydrogen (secondary N) is 1. The van der Waals surface area contributed by atoms with Crippen molar-refractivity contribution in [3.63, 3.8) is 0 Å². The van der Waals surface area contributed by atoms with Gasteiger partial charge >= 0.3 is 0 Å². The molecule has 2 heteroatoms. The first-order valence-electron chi connectivity index (χ1n) is 3.14. The molecule has 0 saturated carbocycles. The minimum Gasteiger partial charge on any atom is -0.372 e. The summed E-state index contributed by atoms with van der Waals surface area (Å²) in [6.45, 7) is 6.27. The normalized spacial score (nSPS) is 26.6. The lowest BCUT2D eigenvalue weighted by Crippen LogP contribution is -2.26. The van der Waals surface area contributed by atoms with Gasteiger partial charge in [-0.3, -0.25) is 0 Å². The molecule has 0 aromatic heterocycles. The number of rotatable bonds is 3. The number of hydrogen-bond donors (Lipinski definition) is 1. The molecule has 2 nitrogen and oxygen atoms in total. The zero-order valence-electron chi connectivity index (χ0n) is 5.48. The molecule has 1 atom stereocenters. The lowest BCUT2D eigenvalue weighted by molar-refractivity contribution is 0.389. The van der Waals surface area contributed by atoms with E-state index in [0.29, 0.717) is 12.1 Å². The molecule has 0 unspecified atom stereocenters. The Morgan fingerprint density at radius 3 is 2.75 bits per heavy atom. The Hall–Kier alpha value is -0.0800. The van der Waals surface area contributed by atoms with Crippen LogP contribution in [0.4, 0.5) is 0 Å². The zero-order valence-corrected chi connectivity index (χ0v) is 5.48. The molecule has 0 radical (unpaired) electrons. The van der Waals surface area contributed by atoms with Gasteiger partial charge in [0.15, 0.2) is 0 Å². The van der Waals surface area contributed by atoms with Crippen molar-refractivity contribution in [3.05, 3.63) is 0 Å². The van der Waals surface area contributed by atoms with Crippen molar-refractivity contribution >= 4 is 0 Å². The Balaban J connectivity index is 1.87. The van der Waals surface area contributed by atoms with Crippen LogP contribution in [0.25, 0.3) is 0 Å². The highest BCUT2D eigenvalue weighted by molar-refractivity contribution is 4.72. The summed E-state index contributed by atoms with van der Waals surface area (Å²) in [5.41, 5.74) is 0. The summed E-state index contributed by atoms with van der Waals surface area (Å²) in [6.07, 6.45) is 0.525. The Morgan fingerprint density at radius 2 is 2.38 bits per heavy atom. The fourth-order valence-corrected chi connectivity index (χ4v) is 0.553. The van der Waals surface area contributed by atoms with E-state index in [9.17, 15) is 0 Å². The van der Waals surface area contributed by atoms with Crippen LogP contribution in [-0.2, 0) is 4.74 Å². The highest BCUT2D eigenvalue weighted by Gasteiger charge is 2.21. The molecular formula is C6H13NO. The quantitative estimate of drug-likeness (QED) is 0.538. The summed E-state index contributed by atoms with van der Waals surface area (Å²) in [7, 11) is 0. The van der Waals surface area contributed by atoms with Gasteiger partial charge in [-0.2, -0.15) is 0 Å². The first-order valence-corrected chi connectivity index (χ1v) is 3.14. The molecule has 8 heavy (non-hydrogen) atoms. The first kappa shape index (κ1) is 6.05. The minimum absolute atomic E-state index is 0.525. The molecule has 48 valence electrons. The average molecular weight is 115 g/mol. The van der Waals surface area contributed by atoms with Crippen LogP contribution in [0.2, 0.25) is 0 Å². The molecular weight excluding hydrogens is 102 g/mol. The van der Waals surface area contributed by atoms with Gasteiger partial charge in [0, 0.05) is 12.6 Å². The van der Waals surface area contributed by atoms with Crippen molar-refractivity contribution in [2.75, 3.05) is 13.2 Å². The SMILES string of the molecule is CC(C)NC[C@@H]1CO1. The fraction of sp³-hybridized carbons (Fsp3) is 1.00. The molecule has 1 N–H and O–H groups in total. The third-order valence-electron chi connectivity index (χ3n) is 1.16. The van der Waals surface area contributed by atoms with Crippen LogP contribution in [0.15, 0.2) is 0 Å². The van der Waals surface area contributed by atoms with Crippen LogP contribution in [0.5, 0.6) is 0 Å². The molecule has 1 heterocycles. The van der Waals surface area contributed by atoms with Gasteiger partial charge in [0.2, 0.25) is 0 Å². The highest BCUT2D eigenvalue weighted by Crippen LogP contribution is 2.06. The highest BCUT2D eigenvalue weighted by atomic mass is 16.6. The summed E-state index contributed by atoms with van der Waals surface area (Å²) >= 11 is 0. The van der Waals surface area contributed by atoms with Gasteiger partial charge in [0.1, 0.15) is 0 Å². The Labute approximate surface area is 50.2 Å². The summed E-state index contributed by atoms with van der Waals surface area (Å²) in [5, 5.41) is 3.28. The van der Waals surface area contributed by atoms with Gasteiger partial charge in [-0.25, -0.2) is 0 Å². The topological polar surface area (TPSA) is 24.6 Å². The minimum atomic E-state index is 0.525. The van der Waals surface area contributed by atoms with E-state index in [1.165, 1.54) is 0 Å². The predicted molar refractivity (Wildman–Crippen MR) is 32.9 cm³/mol. The van der Waals surface area contributed by atoms with E-state index in [0.717, 1.165) is 13.2 Å². The molecule has 1 rings (SSSR count). The third-order valence-corrected chi connectivity index (χ3v) is 1.16. The van der Waals surface area contributed by atoms with E-state index in [-0.39, 0.29) is 0 Å². The fourth-order valence-electron chi connectivity index (χ4n) is 0.553. The largest absolute Gasteiger partial charge is 0.372 e. The van der Waals surface area contributed by atoms with Crippen LogP contribution in [0, 0.1) is 0 Å². The molecule has 0 bridgehead atoms. The number of ether oxygens (including phenoxy) is 1. The molecule has 1 fully saturated rings. The van der Waals surface area contributed by atoms with Crippen LogP contribution in [0.1, 0.15) is 13.8 Å². The Kier molecular flexibility index (Phi) is 1.86. The monoisotopic (exact) mass is 115 g/mol. The maximum atomic E-state index is 5.00. The van der Waals surface area contributed by atoms with Crippen molar-refractivity contribution in [2.24, 2.45) is 0 Å². The van der Waals surface area contributed by atoms with E-state index >= 15 is 0 Å². The molecule has 0 aromatic rings.